The van der Waals surface area contributed by atoms with E-state index in [1.165, 1.54) is 36.4 Å². The Bertz CT molecular complexity index is 910. The smallest absolute Gasteiger partial charge is 0.348 e. The Kier molecular flexibility index (Phi) is 5.91. The molecule has 0 aliphatic heterocycles. The maximum atomic E-state index is 12.8. The summed E-state index contributed by atoms with van der Waals surface area (Å²) < 4.78 is 0. The topological polar surface area (TPSA) is 149 Å². The van der Waals surface area contributed by atoms with Gasteiger partial charge in [0.05, 0.1) is 10.0 Å². The van der Waals surface area contributed by atoms with E-state index in [-0.39, 0.29) is 10.0 Å². The number of carbonyl (C=O) groups excluding carboxylic acids is 2. The van der Waals surface area contributed by atoms with Crippen LogP contribution in [-0.2, 0) is 9.59 Å². The first-order valence-corrected chi connectivity index (χ1v) is 8.25. The number of aliphatic carboxylic acids is 2. The average Bonchev–Trinajstić information content (AvgIpc) is 2.65. The number of hydrogen-bond donors (Lipinski definition) is 4. The Morgan fingerprint density at radius 3 is 1.18 bits per heavy atom. The molecule has 0 radical (unpaired) electrons. The highest BCUT2D eigenvalue weighted by Crippen LogP contribution is 2.34. The number of ketones is 2. The summed E-state index contributed by atoms with van der Waals surface area (Å²) in [7, 11) is 0. The third-order valence-corrected chi connectivity index (χ3v) is 4.70. The molecule has 146 valence electrons. The van der Waals surface area contributed by atoms with Crippen LogP contribution in [0.3, 0.4) is 0 Å². The van der Waals surface area contributed by atoms with Gasteiger partial charge >= 0.3 is 11.9 Å². The minimum Gasteiger partial charge on any atom is -0.479 e. The van der Waals surface area contributed by atoms with Crippen LogP contribution in [-0.4, -0.2) is 55.1 Å². The van der Waals surface area contributed by atoms with Crippen LogP contribution in [0.1, 0.15) is 20.7 Å². The van der Waals surface area contributed by atoms with Crippen molar-refractivity contribution in [2.24, 2.45) is 0 Å². The van der Waals surface area contributed by atoms with Gasteiger partial charge in [-0.25, -0.2) is 9.59 Å². The Balaban J connectivity index is 2.78. The maximum absolute atomic E-state index is 12.8. The van der Waals surface area contributed by atoms with Crippen LogP contribution in [0.25, 0.3) is 0 Å². The second-order valence-corrected chi connectivity index (χ2v) is 6.46. The third-order valence-electron chi connectivity index (χ3n) is 4.04. The summed E-state index contributed by atoms with van der Waals surface area (Å²) in [5, 5.41) is 39.6. The SMILES string of the molecule is O=C(O)[C@@](O)(C(=O)c1ccccc1Cl)[C@@](O)(C(=O)O)C(=O)c1ccccc1Cl. The molecule has 2 atom stereocenters. The van der Waals surface area contributed by atoms with E-state index in [0.29, 0.717) is 0 Å². The summed E-state index contributed by atoms with van der Waals surface area (Å²) in [6, 6.07) is 9.64. The minimum atomic E-state index is -4.11. The van der Waals surface area contributed by atoms with E-state index in [0.717, 1.165) is 12.1 Å². The van der Waals surface area contributed by atoms with E-state index >= 15 is 0 Å². The zero-order valence-electron chi connectivity index (χ0n) is 13.8. The summed E-state index contributed by atoms with van der Waals surface area (Å²) in [5.74, 6) is -8.53. The molecule has 0 unspecified atom stereocenters. The maximum Gasteiger partial charge on any atom is 0.348 e. The molecule has 2 aromatic carbocycles. The van der Waals surface area contributed by atoms with Crippen molar-refractivity contribution in [2.75, 3.05) is 0 Å². The quantitative estimate of drug-likeness (QED) is 0.385. The van der Waals surface area contributed by atoms with Crippen LogP contribution in [0.5, 0.6) is 0 Å². The zero-order chi connectivity index (χ0) is 21.3. The summed E-state index contributed by atoms with van der Waals surface area (Å²) in [6.45, 7) is 0. The fourth-order valence-corrected chi connectivity index (χ4v) is 2.96. The van der Waals surface area contributed by atoms with E-state index in [1.54, 1.807) is 0 Å². The second-order valence-electron chi connectivity index (χ2n) is 5.65. The predicted octanol–water partition coefficient (Wildman–Crippen LogP) is 1.69. The summed E-state index contributed by atoms with van der Waals surface area (Å²) in [5.41, 5.74) is -9.44. The molecule has 4 N–H and O–H groups in total. The van der Waals surface area contributed by atoms with Gasteiger partial charge in [-0.05, 0) is 24.3 Å². The predicted molar refractivity (Wildman–Crippen MR) is 96.7 cm³/mol. The molecule has 0 saturated heterocycles. The number of hydrogen-bond acceptors (Lipinski definition) is 6. The Labute approximate surface area is 167 Å². The standard InChI is InChI=1S/C18H12Cl2O8/c19-11-7-3-1-5-9(11)13(21)17(27,15(23)24)18(28,16(25)26)14(22)10-6-2-4-8-12(10)20/h1-8,27-28H,(H,23,24)(H,25,26)/t17-,18-/m0/s1. The highest BCUT2D eigenvalue weighted by Gasteiger charge is 2.70. The molecule has 0 fully saturated rings. The first-order chi connectivity index (χ1) is 13.0. The first-order valence-electron chi connectivity index (χ1n) is 7.49. The van der Waals surface area contributed by atoms with Gasteiger partial charge in [0.1, 0.15) is 0 Å². The van der Waals surface area contributed by atoms with Gasteiger partial charge in [0, 0.05) is 11.1 Å². The first kappa shape index (κ1) is 21.5. The molecule has 0 saturated carbocycles. The zero-order valence-corrected chi connectivity index (χ0v) is 15.3. The number of carboxylic acid groups (broad SMARTS) is 2. The minimum absolute atomic E-state index is 0.329. The van der Waals surface area contributed by atoms with Crippen molar-refractivity contribution < 1.29 is 39.6 Å². The molecule has 0 aliphatic carbocycles. The van der Waals surface area contributed by atoms with Crippen molar-refractivity contribution >= 4 is 46.7 Å². The van der Waals surface area contributed by atoms with Gasteiger partial charge in [-0.3, -0.25) is 9.59 Å². The van der Waals surface area contributed by atoms with Gasteiger partial charge in [0.2, 0.25) is 11.6 Å². The summed E-state index contributed by atoms with van der Waals surface area (Å²) >= 11 is 11.6. The number of halogens is 2. The van der Waals surface area contributed by atoms with Gasteiger partial charge in [-0.2, -0.15) is 0 Å². The van der Waals surface area contributed by atoms with Crippen molar-refractivity contribution in [3.8, 4) is 0 Å². The number of benzene rings is 2. The van der Waals surface area contributed by atoms with Crippen LogP contribution in [0, 0.1) is 0 Å². The highest BCUT2D eigenvalue weighted by molar-refractivity contribution is 6.38. The number of carboxylic acids is 2. The van der Waals surface area contributed by atoms with Crippen molar-refractivity contribution in [3.63, 3.8) is 0 Å². The lowest BCUT2D eigenvalue weighted by Crippen LogP contribution is -2.71. The van der Waals surface area contributed by atoms with Crippen molar-refractivity contribution in [1.29, 1.82) is 0 Å². The Morgan fingerprint density at radius 2 is 0.929 bits per heavy atom. The van der Waals surface area contributed by atoms with E-state index in [1.807, 2.05) is 0 Å². The third kappa shape index (κ3) is 3.16. The van der Waals surface area contributed by atoms with E-state index < -0.39 is 45.8 Å². The molecular formula is C18H12Cl2O8. The molecule has 10 heteroatoms. The molecule has 0 heterocycles. The highest BCUT2D eigenvalue weighted by atomic mass is 35.5. The van der Waals surface area contributed by atoms with Gasteiger partial charge in [0.15, 0.2) is 0 Å². The fraction of sp³-hybridized carbons (Fsp3) is 0.111. The molecular weight excluding hydrogens is 415 g/mol. The fourth-order valence-electron chi connectivity index (χ4n) is 2.51. The summed E-state index contributed by atoms with van der Waals surface area (Å²) in [6.07, 6.45) is 0. The van der Waals surface area contributed by atoms with Crippen LogP contribution < -0.4 is 0 Å². The summed E-state index contributed by atoms with van der Waals surface area (Å²) in [4.78, 5) is 49.1. The molecule has 2 rings (SSSR count). The second kappa shape index (κ2) is 7.69. The van der Waals surface area contributed by atoms with Crippen molar-refractivity contribution in [3.05, 3.63) is 69.7 Å². The van der Waals surface area contributed by atoms with Crippen LogP contribution in [0.15, 0.2) is 48.5 Å². The number of rotatable bonds is 7. The van der Waals surface area contributed by atoms with Gasteiger partial charge in [-0.15, -0.1) is 0 Å². The largest absolute Gasteiger partial charge is 0.479 e. The van der Waals surface area contributed by atoms with Gasteiger partial charge in [0.25, 0.3) is 11.2 Å². The Hall–Kier alpha value is -2.78. The normalized spacial score (nSPS) is 15.1. The van der Waals surface area contributed by atoms with Crippen molar-refractivity contribution in [2.45, 2.75) is 11.2 Å². The van der Waals surface area contributed by atoms with E-state index in [2.05, 4.69) is 0 Å². The molecule has 0 aliphatic rings. The number of aliphatic hydroxyl groups is 2. The molecule has 28 heavy (non-hydrogen) atoms. The average molecular weight is 427 g/mol. The van der Waals surface area contributed by atoms with Gasteiger partial charge in [-0.1, -0.05) is 47.5 Å². The molecule has 0 amide bonds. The monoisotopic (exact) mass is 426 g/mol. The van der Waals surface area contributed by atoms with Crippen molar-refractivity contribution in [1.82, 2.24) is 0 Å². The molecule has 0 aromatic heterocycles. The molecule has 0 bridgehead atoms. The number of carbonyl (C=O) groups is 4. The van der Waals surface area contributed by atoms with E-state index in [4.69, 9.17) is 23.2 Å². The lowest BCUT2D eigenvalue weighted by molar-refractivity contribution is -0.187. The molecule has 8 nitrogen and oxygen atoms in total. The van der Waals surface area contributed by atoms with Crippen LogP contribution >= 0.6 is 23.2 Å². The number of Topliss-reactive ketones (excluding diaryl/α,β-unsaturated/α-hetero) is 2. The van der Waals surface area contributed by atoms with E-state index in [9.17, 15) is 39.6 Å². The molecule has 2 aromatic rings. The molecule has 0 spiro atoms. The van der Waals surface area contributed by atoms with Crippen LogP contribution in [0.4, 0.5) is 0 Å². The lowest BCUT2D eigenvalue weighted by Gasteiger charge is -2.34. The van der Waals surface area contributed by atoms with Gasteiger partial charge < -0.3 is 20.4 Å². The van der Waals surface area contributed by atoms with Crippen LogP contribution in [0.2, 0.25) is 10.0 Å². The Morgan fingerprint density at radius 1 is 0.643 bits per heavy atom. The lowest BCUT2D eigenvalue weighted by atomic mass is 9.73.